The molecule has 5 nitrogen and oxygen atoms in total. The van der Waals surface area contributed by atoms with Crippen LogP contribution in [0.25, 0.3) is 0 Å². The van der Waals surface area contributed by atoms with Crippen LogP contribution < -0.4 is 5.32 Å². The normalized spacial score (nSPS) is 11.8. The lowest BCUT2D eigenvalue weighted by molar-refractivity contribution is -0.130. The van der Waals surface area contributed by atoms with Crippen LogP contribution in [0.1, 0.15) is 29.8 Å². The third-order valence-corrected chi connectivity index (χ3v) is 3.06. The smallest absolute Gasteiger partial charge is 0.335 e. The molecule has 0 aliphatic rings. The van der Waals surface area contributed by atoms with Gasteiger partial charge in [-0.3, -0.25) is 4.79 Å². The quantitative estimate of drug-likeness (QED) is 0.853. The summed E-state index contributed by atoms with van der Waals surface area (Å²) in [5.41, 5.74) is 1.68. The molecule has 5 heteroatoms. The number of nitrogens with zero attached hydrogens (tertiary/aromatic N) is 1. The van der Waals surface area contributed by atoms with Crippen molar-refractivity contribution in [2.45, 2.75) is 26.8 Å². The van der Waals surface area contributed by atoms with Crippen molar-refractivity contribution in [2.24, 2.45) is 0 Å². The molecular formula is C14H20N2O3. The Labute approximate surface area is 113 Å². The number of carbonyl (C=O) groups excluding carboxylic acids is 1. The third-order valence-electron chi connectivity index (χ3n) is 3.06. The molecule has 2 N–H and O–H groups in total. The zero-order chi connectivity index (χ0) is 14.6. The average molecular weight is 264 g/mol. The first-order valence-corrected chi connectivity index (χ1v) is 6.22. The summed E-state index contributed by atoms with van der Waals surface area (Å²) in [6.45, 7) is 6.09. The third kappa shape index (κ3) is 3.71. The van der Waals surface area contributed by atoms with Gasteiger partial charge >= 0.3 is 5.97 Å². The molecule has 0 fully saturated rings. The Bertz CT molecular complexity index is 486. The molecule has 0 spiro atoms. The van der Waals surface area contributed by atoms with E-state index in [1.54, 1.807) is 44.0 Å². The summed E-state index contributed by atoms with van der Waals surface area (Å²) in [6.07, 6.45) is 0. The summed E-state index contributed by atoms with van der Waals surface area (Å²) in [6, 6.07) is 4.60. The minimum Gasteiger partial charge on any atom is -0.478 e. The number of aromatic carboxylic acids is 1. The Balaban J connectivity index is 2.81. The van der Waals surface area contributed by atoms with Gasteiger partial charge < -0.3 is 15.3 Å². The van der Waals surface area contributed by atoms with Gasteiger partial charge in [-0.25, -0.2) is 4.79 Å². The first-order chi connectivity index (χ1) is 8.86. The van der Waals surface area contributed by atoms with Crippen LogP contribution >= 0.6 is 0 Å². The molecule has 0 aromatic heterocycles. The standard InChI is InChI=1S/C14H20N2O3/c1-5-16(4)13(17)10(3)15-11-6-7-12(14(18)19)9(2)8-11/h6-8,10,15H,5H2,1-4H3,(H,18,19). The Morgan fingerprint density at radius 1 is 1.42 bits per heavy atom. The van der Waals surface area contributed by atoms with E-state index in [4.69, 9.17) is 5.11 Å². The SMILES string of the molecule is CCN(C)C(=O)C(C)Nc1ccc(C(=O)O)c(C)c1. The maximum Gasteiger partial charge on any atom is 0.335 e. The molecule has 1 rings (SSSR count). The molecule has 104 valence electrons. The highest BCUT2D eigenvalue weighted by molar-refractivity contribution is 5.90. The largest absolute Gasteiger partial charge is 0.478 e. The molecule has 1 amide bonds. The number of amides is 1. The summed E-state index contributed by atoms with van der Waals surface area (Å²) < 4.78 is 0. The Morgan fingerprint density at radius 2 is 2.05 bits per heavy atom. The molecule has 0 aliphatic heterocycles. The minimum absolute atomic E-state index is 0.00228. The second-order valence-electron chi connectivity index (χ2n) is 4.55. The number of carboxylic acid groups (broad SMARTS) is 1. The second-order valence-corrected chi connectivity index (χ2v) is 4.55. The highest BCUT2D eigenvalue weighted by atomic mass is 16.4. The first kappa shape index (κ1) is 15.0. The highest BCUT2D eigenvalue weighted by Crippen LogP contribution is 2.16. The van der Waals surface area contributed by atoms with Crippen LogP contribution in [-0.2, 0) is 4.79 Å². The van der Waals surface area contributed by atoms with Crippen molar-refractivity contribution in [2.75, 3.05) is 18.9 Å². The molecule has 1 aromatic carbocycles. The van der Waals surface area contributed by atoms with Gasteiger partial charge in [-0.15, -0.1) is 0 Å². The predicted octanol–water partition coefficient (Wildman–Crippen LogP) is 1.97. The van der Waals surface area contributed by atoms with E-state index in [0.29, 0.717) is 12.1 Å². The van der Waals surface area contributed by atoms with Gasteiger partial charge in [-0.05, 0) is 44.5 Å². The van der Waals surface area contributed by atoms with Gasteiger partial charge in [0.05, 0.1) is 5.56 Å². The molecule has 1 aromatic rings. The second kappa shape index (κ2) is 6.22. The number of hydrogen-bond acceptors (Lipinski definition) is 3. The maximum atomic E-state index is 11.9. The predicted molar refractivity (Wildman–Crippen MR) is 74.5 cm³/mol. The molecule has 0 radical (unpaired) electrons. The first-order valence-electron chi connectivity index (χ1n) is 6.22. The van der Waals surface area contributed by atoms with Crippen LogP contribution in [0, 0.1) is 6.92 Å². The van der Waals surface area contributed by atoms with E-state index in [9.17, 15) is 9.59 Å². The fourth-order valence-electron chi connectivity index (χ4n) is 1.79. The number of rotatable bonds is 5. The maximum absolute atomic E-state index is 11.9. The fraction of sp³-hybridized carbons (Fsp3) is 0.429. The van der Waals surface area contributed by atoms with Crippen molar-refractivity contribution in [3.8, 4) is 0 Å². The summed E-state index contributed by atoms with van der Waals surface area (Å²) in [4.78, 5) is 24.5. The monoisotopic (exact) mass is 264 g/mol. The lowest BCUT2D eigenvalue weighted by atomic mass is 10.1. The number of carbonyl (C=O) groups is 2. The Hall–Kier alpha value is -2.04. The topological polar surface area (TPSA) is 69.6 Å². The van der Waals surface area contributed by atoms with Gasteiger partial charge in [0.2, 0.25) is 5.91 Å². The van der Waals surface area contributed by atoms with E-state index in [2.05, 4.69) is 5.32 Å². The van der Waals surface area contributed by atoms with E-state index in [-0.39, 0.29) is 17.5 Å². The molecule has 0 saturated heterocycles. The van der Waals surface area contributed by atoms with Gasteiger partial charge in [-0.1, -0.05) is 0 Å². The summed E-state index contributed by atoms with van der Waals surface area (Å²) in [5.74, 6) is -0.943. The zero-order valence-corrected chi connectivity index (χ0v) is 11.7. The van der Waals surface area contributed by atoms with Gasteiger partial charge in [0.15, 0.2) is 0 Å². The number of aryl methyl sites for hydroxylation is 1. The molecule has 1 atom stereocenters. The molecule has 19 heavy (non-hydrogen) atoms. The summed E-state index contributed by atoms with van der Waals surface area (Å²) in [7, 11) is 1.75. The molecule has 0 aliphatic carbocycles. The van der Waals surface area contributed by atoms with Gasteiger partial charge in [0.1, 0.15) is 6.04 Å². The Morgan fingerprint density at radius 3 is 2.53 bits per heavy atom. The number of benzene rings is 1. The summed E-state index contributed by atoms with van der Waals surface area (Å²) >= 11 is 0. The van der Waals surface area contributed by atoms with E-state index in [1.807, 2.05) is 6.92 Å². The van der Waals surface area contributed by atoms with E-state index in [0.717, 1.165) is 5.69 Å². The molecule has 0 bridgehead atoms. The lowest BCUT2D eigenvalue weighted by Gasteiger charge is -2.21. The molecule has 1 unspecified atom stereocenters. The van der Waals surface area contributed by atoms with Crippen molar-refractivity contribution in [3.05, 3.63) is 29.3 Å². The zero-order valence-electron chi connectivity index (χ0n) is 11.7. The highest BCUT2D eigenvalue weighted by Gasteiger charge is 2.16. The van der Waals surface area contributed by atoms with Crippen molar-refractivity contribution in [1.82, 2.24) is 4.90 Å². The van der Waals surface area contributed by atoms with Gasteiger partial charge in [0.25, 0.3) is 0 Å². The number of likely N-dealkylation sites (N-methyl/N-ethyl adjacent to an activating group) is 1. The number of hydrogen-bond donors (Lipinski definition) is 2. The van der Waals surface area contributed by atoms with Crippen LogP contribution in [0.15, 0.2) is 18.2 Å². The number of carboxylic acids is 1. The average Bonchev–Trinajstić information content (AvgIpc) is 2.36. The molecule has 0 saturated carbocycles. The van der Waals surface area contributed by atoms with Gasteiger partial charge in [-0.2, -0.15) is 0 Å². The fourth-order valence-corrected chi connectivity index (χ4v) is 1.79. The number of anilines is 1. The van der Waals surface area contributed by atoms with Crippen molar-refractivity contribution >= 4 is 17.6 Å². The Kier molecular flexibility index (Phi) is 4.92. The minimum atomic E-state index is -0.945. The van der Waals surface area contributed by atoms with Crippen LogP contribution in [0.5, 0.6) is 0 Å². The lowest BCUT2D eigenvalue weighted by Crippen LogP contribution is -2.38. The van der Waals surface area contributed by atoms with Gasteiger partial charge in [0, 0.05) is 19.3 Å². The van der Waals surface area contributed by atoms with Crippen LogP contribution in [0.4, 0.5) is 5.69 Å². The molecule has 0 heterocycles. The summed E-state index contributed by atoms with van der Waals surface area (Å²) in [5, 5.41) is 12.0. The van der Waals surface area contributed by atoms with Crippen molar-refractivity contribution in [1.29, 1.82) is 0 Å². The number of nitrogens with one attached hydrogen (secondary N) is 1. The van der Waals surface area contributed by atoms with Crippen LogP contribution in [0.3, 0.4) is 0 Å². The van der Waals surface area contributed by atoms with Crippen LogP contribution in [0.2, 0.25) is 0 Å². The van der Waals surface area contributed by atoms with Crippen molar-refractivity contribution < 1.29 is 14.7 Å². The van der Waals surface area contributed by atoms with E-state index in [1.165, 1.54) is 0 Å². The van der Waals surface area contributed by atoms with E-state index >= 15 is 0 Å². The van der Waals surface area contributed by atoms with Crippen molar-refractivity contribution in [3.63, 3.8) is 0 Å². The van der Waals surface area contributed by atoms with E-state index < -0.39 is 5.97 Å². The molecular weight excluding hydrogens is 244 g/mol. The van der Waals surface area contributed by atoms with Crippen LogP contribution in [-0.4, -0.2) is 41.5 Å².